The van der Waals surface area contributed by atoms with Crippen LogP contribution in [0.25, 0.3) is 21.7 Å². The van der Waals surface area contributed by atoms with E-state index in [0.29, 0.717) is 22.1 Å². The summed E-state index contributed by atoms with van der Waals surface area (Å²) in [6.45, 7) is 0. The van der Waals surface area contributed by atoms with E-state index in [1.54, 1.807) is 24.3 Å². The average molecular weight is 271 g/mol. The first-order valence-electron chi connectivity index (χ1n) is 5.79. The highest BCUT2D eigenvalue weighted by Crippen LogP contribution is 2.28. The lowest BCUT2D eigenvalue weighted by molar-refractivity contribution is -0.384. The Bertz CT molecular complexity index is 897. The van der Waals surface area contributed by atoms with Gasteiger partial charge in [0, 0.05) is 22.9 Å². The largest absolute Gasteiger partial charge is 0.497 e. The van der Waals surface area contributed by atoms with Crippen LogP contribution in [0.3, 0.4) is 0 Å². The third-order valence-corrected chi connectivity index (χ3v) is 3.11. The number of benzene rings is 2. The monoisotopic (exact) mass is 271 g/mol. The molecule has 20 heavy (non-hydrogen) atoms. The third kappa shape index (κ3) is 1.78. The number of nitro groups is 1. The van der Waals surface area contributed by atoms with Gasteiger partial charge in [0.1, 0.15) is 11.3 Å². The first kappa shape index (κ1) is 12.2. The van der Waals surface area contributed by atoms with Crippen molar-refractivity contribution in [3.8, 4) is 5.75 Å². The van der Waals surface area contributed by atoms with Gasteiger partial charge in [-0.1, -0.05) is 0 Å². The maximum atomic E-state index is 11.9. The van der Waals surface area contributed by atoms with Crippen molar-refractivity contribution in [1.82, 2.24) is 0 Å². The summed E-state index contributed by atoms with van der Waals surface area (Å²) in [4.78, 5) is 22.1. The minimum absolute atomic E-state index is 0.146. The van der Waals surface area contributed by atoms with Crippen molar-refractivity contribution in [1.29, 1.82) is 0 Å². The Morgan fingerprint density at radius 1 is 1.10 bits per heavy atom. The smallest absolute Gasteiger partial charge is 0.344 e. The molecule has 0 aliphatic carbocycles. The van der Waals surface area contributed by atoms with Crippen LogP contribution in [0.4, 0.5) is 5.69 Å². The highest BCUT2D eigenvalue weighted by Gasteiger charge is 2.13. The Morgan fingerprint density at radius 2 is 1.90 bits per heavy atom. The molecular formula is C14H9NO5. The summed E-state index contributed by atoms with van der Waals surface area (Å²) in [6.07, 6.45) is 0. The van der Waals surface area contributed by atoms with Gasteiger partial charge in [-0.05, 0) is 24.3 Å². The van der Waals surface area contributed by atoms with Crippen LogP contribution >= 0.6 is 0 Å². The van der Waals surface area contributed by atoms with E-state index >= 15 is 0 Å². The van der Waals surface area contributed by atoms with Crippen LogP contribution in [0.1, 0.15) is 0 Å². The fraction of sp³-hybridized carbons (Fsp3) is 0.0714. The summed E-state index contributed by atoms with van der Waals surface area (Å²) in [7, 11) is 1.54. The maximum absolute atomic E-state index is 11.9. The molecule has 0 aliphatic heterocycles. The second-order valence-corrected chi connectivity index (χ2v) is 4.24. The van der Waals surface area contributed by atoms with Crippen LogP contribution in [-0.4, -0.2) is 12.0 Å². The zero-order valence-electron chi connectivity index (χ0n) is 10.5. The molecule has 2 aromatic carbocycles. The fourth-order valence-corrected chi connectivity index (χ4v) is 2.14. The average Bonchev–Trinajstić information content (AvgIpc) is 2.46. The summed E-state index contributed by atoms with van der Waals surface area (Å²) in [6, 6.07) is 9.18. The molecule has 1 aromatic heterocycles. The topological polar surface area (TPSA) is 82.6 Å². The molecule has 0 radical (unpaired) electrons. The molecule has 0 N–H and O–H groups in total. The Labute approximate surface area is 112 Å². The molecule has 0 fully saturated rings. The second kappa shape index (κ2) is 4.34. The lowest BCUT2D eigenvalue weighted by Crippen LogP contribution is -2.01. The highest BCUT2D eigenvalue weighted by atomic mass is 16.6. The molecule has 0 aliphatic rings. The molecule has 3 rings (SSSR count). The van der Waals surface area contributed by atoms with Gasteiger partial charge >= 0.3 is 5.63 Å². The van der Waals surface area contributed by atoms with Crippen molar-refractivity contribution in [2.45, 2.75) is 0 Å². The number of rotatable bonds is 2. The predicted molar refractivity (Wildman–Crippen MR) is 73.2 cm³/mol. The van der Waals surface area contributed by atoms with E-state index in [2.05, 4.69) is 0 Å². The van der Waals surface area contributed by atoms with Gasteiger partial charge < -0.3 is 9.15 Å². The van der Waals surface area contributed by atoms with Crippen molar-refractivity contribution in [2.75, 3.05) is 7.11 Å². The van der Waals surface area contributed by atoms with Crippen molar-refractivity contribution < 1.29 is 14.1 Å². The lowest BCUT2D eigenvalue weighted by Gasteiger charge is -2.04. The van der Waals surface area contributed by atoms with Crippen molar-refractivity contribution >= 4 is 27.4 Å². The van der Waals surface area contributed by atoms with Gasteiger partial charge in [0.05, 0.1) is 17.4 Å². The minimum atomic E-state index is -0.596. The van der Waals surface area contributed by atoms with Crippen LogP contribution < -0.4 is 10.4 Å². The van der Waals surface area contributed by atoms with E-state index in [1.807, 2.05) is 0 Å². The zero-order valence-corrected chi connectivity index (χ0v) is 10.5. The Hall–Kier alpha value is -2.89. The molecule has 1 heterocycles. The van der Waals surface area contributed by atoms with Crippen molar-refractivity contribution in [2.24, 2.45) is 0 Å². The zero-order chi connectivity index (χ0) is 14.3. The summed E-state index contributed by atoms with van der Waals surface area (Å²) in [5.41, 5.74) is -0.328. The first-order chi connectivity index (χ1) is 9.60. The predicted octanol–water partition coefficient (Wildman–Crippen LogP) is 2.86. The number of methoxy groups -OCH3 is 1. The molecule has 6 nitrogen and oxygen atoms in total. The van der Waals surface area contributed by atoms with Gasteiger partial charge in [0.25, 0.3) is 5.69 Å². The molecule has 3 aromatic rings. The van der Waals surface area contributed by atoms with Crippen LogP contribution in [0, 0.1) is 10.1 Å². The molecular weight excluding hydrogens is 262 g/mol. The molecule has 0 amide bonds. The highest BCUT2D eigenvalue weighted by molar-refractivity contribution is 6.05. The van der Waals surface area contributed by atoms with Gasteiger partial charge in [-0.3, -0.25) is 10.1 Å². The summed E-state index contributed by atoms with van der Waals surface area (Å²) in [5.74, 6) is 0.617. The van der Waals surface area contributed by atoms with E-state index in [-0.39, 0.29) is 11.1 Å². The Balaban J connectivity index is 2.45. The second-order valence-electron chi connectivity index (χ2n) is 4.24. The first-order valence-corrected chi connectivity index (χ1v) is 5.79. The molecule has 6 heteroatoms. The standard InChI is InChI=1S/C14H9NO5/c1-19-9-3-5-13-11(7-9)10-4-2-8(15(17)18)6-12(10)14(16)20-13/h2-7H,1H3. The quantitative estimate of drug-likeness (QED) is 0.310. The normalized spacial score (nSPS) is 10.8. The molecule has 0 spiro atoms. The van der Waals surface area contributed by atoms with Crippen molar-refractivity contribution in [3.05, 3.63) is 56.9 Å². The number of ether oxygens (including phenoxy) is 1. The molecule has 0 unspecified atom stereocenters. The SMILES string of the molecule is COc1ccc2oc(=O)c3cc([N+](=O)[O-])ccc3c2c1. The third-order valence-electron chi connectivity index (χ3n) is 3.11. The number of fused-ring (bicyclic) bond motifs is 3. The Kier molecular flexibility index (Phi) is 2.64. The van der Waals surface area contributed by atoms with Crippen LogP contribution in [0.15, 0.2) is 45.6 Å². The van der Waals surface area contributed by atoms with Crippen LogP contribution in [-0.2, 0) is 0 Å². The van der Waals surface area contributed by atoms with E-state index < -0.39 is 10.5 Å². The van der Waals surface area contributed by atoms with Crippen LogP contribution in [0.2, 0.25) is 0 Å². The van der Waals surface area contributed by atoms with Gasteiger partial charge in [0.2, 0.25) is 0 Å². The summed E-state index contributed by atoms with van der Waals surface area (Å²) >= 11 is 0. The maximum Gasteiger partial charge on any atom is 0.344 e. The molecule has 0 saturated heterocycles. The van der Waals surface area contributed by atoms with E-state index in [0.717, 1.165) is 0 Å². The van der Waals surface area contributed by atoms with E-state index in [9.17, 15) is 14.9 Å². The lowest BCUT2D eigenvalue weighted by atomic mass is 10.1. The molecule has 100 valence electrons. The van der Waals surface area contributed by atoms with Gasteiger partial charge in [-0.15, -0.1) is 0 Å². The van der Waals surface area contributed by atoms with E-state index in [4.69, 9.17) is 9.15 Å². The van der Waals surface area contributed by atoms with Gasteiger partial charge in [-0.25, -0.2) is 4.79 Å². The number of non-ortho nitro benzene ring substituents is 1. The Morgan fingerprint density at radius 3 is 2.60 bits per heavy atom. The summed E-state index contributed by atoms with van der Waals surface area (Å²) < 4.78 is 10.3. The molecule has 0 bridgehead atoms. The molecule has 0 atom stereocenters. The summed E-state index contributed by atoms with van der Waals surface area (Å²) in [5, 5.41) is 12.2. The number of nitro benzene ring substituents is 1. The number of hydrogen-bond acceptors (Lipinski definition) is 5. The van der Waals surface area contributed by atoms with Crippen LogP contribution in [0.5, 0.6) is 5.75 Å². The van der Waals surface area contributed by atoms with Gasteiger partial charge in [-0.2, -0.15) is 0 Å². The van der Waals surface area contributed by atoms with Crippen molar-refractivity contribution in [3.63, 3.8) is 0 Å². The molecule has 0 saturated carbocycles. The number of nitrogens with zero attached hydrogens (tertiary/aromatic N) is 1. The minimum Gasteiger partial charge on any atom is -0.497 e. The fourth-order valence-electron chi connectivity index (χ4n) is 2.14. The van der Waals surface area contributed by atoms with Gasteiger partial charge in [0.15, 0.2) is 0 Å². The number of hydrogen-bond donors (Lipinski definition) is 0. The van der Waals surface area contributed by atoms with E-state index in [1.165, 1.54) is 19.2 Å².